The third kappa shape index (κ3) is 16.6. The number of rotatable bonds is 5. The molecule has 0 amide bonds. The molecule has 20 nitrogen and oxygen atoms in total. The molecule has 2 heterocycles. The smallest absolute Gasteiger partial charge is 0.362 e. The first-order valence-corrected chi connectivity index (χ1v) is 8.04. The summed E-state index contributed by atoms with van der Waals surface area (Å²) in [5.41, 5.74) is 25.9. The summed E-state index contributed by atoms with van der Waals surface area (Å²) in [6.07, 6.45) is -3.03. The maximum Gasteiger partial charge on any atom is 0.362 e. The molecule has 2 aromatic rings. The molecule has 0 aliphatic heterocycles. The Bertz CT molecular complexity index is 826. The molecule has 35 heavy (non-hydrogen) atoms. The Balaban J connectivity index is -0.000000210. The van der Waals surface area contributed by atoms with Crippen LogP contribution in [-0.2, 0) is 23.8 Å². The fourth-order valence-corrected chi connectivity index (χ4v) is 1.39. The molecule has 2 rings (SSSR count). The normalized spacial score (nSPS) is 10.4. The minimum Gasteiger partial charge on any atom is -0.466 e. The summed E-state index contributed by atoms with van der Waals surface area (Å²) in [4.78, 5) is 42.1. The fraction of sp³-hybridized carbons (Fsp3) is 0.357. The molecule has 0 spiro atoms. The molecule has 2 atom stereocenters. The highest BCUT2D eigenvalue weighted by molar-refractivity contribution is 14.0. The van der Waals surface area contributed by atoms with E-state index in [9.17, 15) is 14.7 Å². The summed E-state index contributed by atoms with van der Waals surface area (Å²) in [6, 6.07) is 0. The Labute approximate surface area is 216 Å². The van der Waals surface area contributed by atoms with Crippen LogP contribution < -0.4 is 34.0 Å². The van der Waals surface area contributed by atoms with Crippen molar-refractivity contribution in [3.05, 3.63) is 7.43 Å². The van der Waals surface area contributed by atoms with Gasteiger partial charge in [-0.25, -0.2) is 9.59 Å². The summed E-state index contributed by atoms with van der Waals surface area (Å²) >= 11 is 0. The minimum atomic E-state index is -1.59. The van der Waals surface area contributed by atoms with Crippen molar-refractivity contribution < 1.29 is 39.5 Å². The van der Waals surface area contributed by atoms with E-state index in [1.54, 1.807) is 0 Å². The zero-order valence-corrected chi connectivity index (χ0v) is 21.4. The van der Waals surface area contributed by atoms with Crippen molar-refractivity contribution in [1.82, 2.24) is 29.9 Å². The standard InChI is InChI=1S/C6H10N6O3.C4H8O4.C3H6N6.CH3.HI.H2O/c1-15-3(14)2(13)9-6-11-4(7)10-5(8)12-6;1-7-3(5)4(6)8-2;4-1-7-2(5)9-3(6)8-1;;;/h2,13H,1H3,(H5,7,8,9,10,11,12);3,5H,1-2H3;(H6,4,5,6,7,8,9);1H3;1H;1H2/q;;;-1;;. The van der Waals surface area contributed by atoms with Gasteiger partial charge >= 0.3 is 11.9 Å². The second-order valence-electron chi connectivity index (χ2n) is 4.97. The first-order valence-electron chi connectivity index (χ1n) is 8.04. The predicted octanol–water partition coefficient (Wildman–Crippen LogP) is -4.07. The van der Waals surface area contributed by atoms with Gasteiger partial charge in [-0.15, -0.1) is 24.0 Å². The average Bonchev–Trinajstić information content (AvgIpc) is 2.71. The number of anilines is 6. The Morgan fingerprint density at radius 3 is 1.31 bits per heavy atom. The van der Waals surface area contributed by atoms with Crippen LogP contribution >= 0.6 is 24.0 Å². The third-order valence-corrected chi connectivity index (χ3v) is 2.67. The number of nitrogen functional groups attached to an aromatic ring is 5. The summed E-state index contributed by atoms with van der Waals surface area (Å²) in [6.45, 7) is 0. The van der Waals surface area contributed by atoms with E-state index in [2.05, 4.69) is 49.4 Å². The number of hydrogen-bond acceptors (Lipinski definition) is 19. The van der Waals surface area contributed by atoms with Crippen LogP contribution in [0.15, 0.2) is 0 Å². The third-order valence-electron chi connectivity index (χ3n) is 2.67. The molecule has 2 aromatic heterocycles. The molecule has 2 unspecified atom stereocenters. The Morgan fingerprint density at radius 1 is 0.743 bits per heavy atom. The van der Waals surface area contributed by atoms with Crippen LogP contribution in [0.5, 0.6) is 0 Å². The molecule has 15 N–H and O–H groups in total. The van der Waals surface area contributed by atoms with E-state index in [1.807, 2.05) is 0 Å². The van der Waals surface area contributed by atoms with Crippen LogP contribution in [0.2, 0.25) is 0 Å². The van der Waals surface area contributed by atoms with Crippen molar-refractivity contribution in [2.24, 2.45) is 0 Å². The number of halogens is 1. The molecule has 0 aromatic carbocycles. The number of ether oxygens (including phenoxy) is 3. The number of aliphatic hydroxyl groups excluding tert-OH is 2. The first kappa shape index (κ1) is 38.6. The summed E-state index contributed by atoms with van der Waals surface area (Å²) in [5, 5.41) is 19.8. The molecular formula is C14H30IN12O8-. The Kier molecular flexibility index (Phi) is 21.8. The molecule has 0 aliphatic carbocycles. The van der Waals surface area contributed by atoms with Gasteiger partial charge in [-0.3, -0.25) is 0 Å². The summed E-state index contributed by atoms with van der Waals surface area (Å²) < 4.78 is 12.5. The number of hydrogen-bond donors (Lipinski definition) is 8. The van der Waals surface area contributed by atoms with E-state index >= 15 is 0 Å². The Hall–Kier alpha value is -3.67. The molecule has 0 fully saturated rings. The lowest BCUT2D eigenvalue weighted by Gasteiger charge is -2.10. The fourth-order valence-electron chi connectivity index (χ4n) is 1.39. The van der Waals surface area contributed by atoms with Gasteiger partial charge in [-0.1, -0.05) is 0 Å². The van der Waals surface area contributed by atoms with Gasteiger partial charge in [0, 0.05) is 7.11 Å². The molecular weight excluding hydrogens is 591 g/mol. The molecule has 21 heteroatoms. The van der Waals surface area contributed by atoms with Gasteiger partial charge in [-0.2, -0.15) is 29.9 Å². The molecule has 0 bridgehead atoms. The van der Waals surface area contributed by atoms with Gasteiger partial charge < -0.3 is 71.3 Å². The van der Waals surface area contributed by atoms with Crippen LogP contribution in [0, 0.1) is 7.43 Å². The average molecular weight is 621 g/mol. The maximum atomic E-state index is 10.8. The van der Waals surface area contributed by atoms with E-state index < -0.39 is 24.5 Å². The van der Waals surface area contributed by atoms with E-state index in [4.69, 9.17) is 33.8 Å². The lowest BCUT2D eigenvalue weighted by molar-refractivity contribution is -0.174. The number of carbonyl (C=O) groups excluding carboxylic acids is 2. The molecule has 0 radical (unpaired) electrons. The molecule has 0 saturated carbocycles. The number of nitrogens with one attached hydrogen (secondary N) is 1. The van der Waals surface area contributed by atoms with Gasteiger partial charge in [0.2, 0.25) is 41.9 Å². The van der Waals surface area contributed by atoms with Crippen molar-refractivity contribution >= 4 is 71.6 Å². The van der Waals surface area contributed by atoms with Crippen LogP contribution in [0.1, 0.15) is 0 Å². The van der Waals surface area contributed by atoms with E-state index in [-0.39, 0.29) is 72.6 Å². The molecule has 0 aliphatic rings. The zero-order chi connectivity index (χ0) is 24.8. The second-order valence-corrected chi connectivity index (χ2v) is 4.97. The minimum absolute atomic E-state index is 0. The van der Waals surface area contributed by atoms with Crippen molar-refractivity contribution in [2.45, 2.75) is 12.5 Å². The largest absolute Gasteiger partial charge is 0.466 e. The molecule has 202 valence electrons. The van der Waals surface area contributed by atoms with Crippen LogP contribution in [-0.4, -0.2) is 91.4 Å². The maximum absolute atomic E-state index is 10.8. The van der Waals surface area contributed by atoms with E-state index in [0.717, 1.165) is 7.11 Å². The van der Waals surface area contributed by atoms with Crippen molar-refractivity contribution in [3.63, 3.8) is 0 Å². The lowest BCUT2D eigenvalue weighted by atomic mass is 10.6. The number of methoxy groups -OCH3 is 3. The van der Waals surface area contributed by atoms with Crippen LogP contribution in [0.4, 0.5) is 35.7 Å². The topological polar surface area (TPSA) is 353 Å². The highest BCUT2D eigenvalue weighted by atomic mass is 127. The first-order chi connectivity index (χ1) is 14.9. The second kappa shape index (κ2) is 19.8. The van der Waals surface area contributed by atoms with Crippen molar-refractivity contribution in [1.29, 1.82) is 0 Å². The molecule has 0 saturated heterocycles. The van der Waals surface area contributed by atoms with Gasteiger partial charge in [0.05, 0.1) is 14.2 Å². The van der Waals surface area contributed by atoms with Gasteiger partial charge in [0.15, 0.2) is 0 Å². The number of aliphatic hydroxyl groups is 2. The van der Waals surface area contributed by atoms with Gasteiger partial charge in [0.25, 0.3) is 6.29 Å². The highest BCUT2D eigenvalue weighted by Crippen LogP contribution is 2.04. The summed E-state index contributed by atoms with van der Waals surface area (Å²) in [7, 11) is 3.51. The number of aromatic nitrogens is 6. The number of nitrogens with two attached hydrogens (primary N) is 5. The van der Waals surface area contributed by atoms with Crippen molar-refractivity contribution in [3.8, 4) is 0 Å². The number of nitrogens with zero attached hydrogens (tertiary/aromatic N) is 6. The van der Waals surface area contributed by atoms with E-state index in [0.29, 0.717) is 0 Å². The lowest BCUT2D eigenvalue weighted by Crippen LogP contribution is -2.31. The SMILES string of the molecule is COC(=O)C(O)Nc1nc(N)nc(N)n1.COC(=O)C(O)OC.I.Nc1nc(N)nc(N)n1.O.[CH3-]. The van der Waals surface area contributed by atoms with Crippen LogP contribution in [0.3, 0.4) is 0 Å². The number of esters is 2. The van der Waals surface area contributed by atoms with Gasteiger partial charge in [0.1, 0.15) is 0 Å². The monoisotopic (exact) mass is 621 g/mol. The quantitative estimate of drug-likeness (QED) is 0.0680. The zero-order valence-electron chi connectivity index (χ0n) is 19.1. The number of carbonyl (C=O) groups is 2. The van der Waals surface area contributed by atoms with E-state index in [1.165, 1.54) is 14.2 Å². The van der Waals surface area contributed by atoms with Crippen molar-refractivity contribution in [2.75, 3.05) is 55.3 Å². The van der Waals surface area contributed by atoms with Crippen LogP contribution in [0.25, 0.3) is 0 Å². The van der Waals surface area contributed by atoms with Gasteiger partial charge in [-0.05, 0) is 0 Å². The Morgan fingerprint density at radius 2 is 1.06 bits per heavy atom. The summed E-state index contributed by atoms with van der Waals surface area (Å²) in [5.74, 6) is -1.90. The predicted molar refractivity (Wildman–Crippen MR) is 134 cm³/mol. The highest BCUT2D eigenvalue weighted by Gasteiger charge is 2.16.